The predicted molar refractivity (Wildman–Crippen MR) is 58.6 cm³/mol. The van der Waals surface area contributed by atoms with E-state index in [1.807, 2.05) is 11.0 Å². The van der Waals surface area contributed by atoms with Crippen molar-refractivity contribution in [2.75, 3.05) is 18.0 Å². The molecule has 6 heteroatoms. The summed E-state index contributed by atoms with van der Waals surface area (Å²) in [5, 5.41) is 11.8. The van der Waals surface area contributed by atoms with Crippen LogP contribution in [0.1, 0.15) is 0 Å². The minimum Gasteiger partial charge on any atom is -0.312 e. The van der Waals surface area contributed by atoms with Gasteiger partial charge in [-0.25, -0.2) is 0 Å². The van der Waals surface area contributed by atoms with Crippen LogP contribution in [-0.4, -0.2) is 23.2 Å². The monoisotopic (exact) mass is 221 g/mol. The molecule has 0 saturated heterocycles. The molecule has 0 bridgehead atoms. The Kier molecular flexibility index (Phi) is 1.72. The molecule has 0 unspecified atom stereocenters. The van der Waals surface area contributed by atoms with Gasteiger partial charge in [-0.1, -0.05) is 6.07 Å². The number of amidine groups is 1. The summed E-state index contributed by atoms with van der Waals surface area (Å²) in [5.74, 6) is 0. The van der Waals surface area contributed by atoms with E-state index in [-0.39, 0.29) is 10.6 Å². The van der Waals surface area contributed by atoms with Crippen molar-refractivity contribution in [3.8, 4) is 0 Å². The van der Waals surface area contributed by atoms with Crippen LogP contribution in [0.4, 0.5) is 11.4 Å². The van der Waals surface area contributed by atoms with Gasteiger partial charge in [-0.05, 0) is 17.8 Å². The molecule has 0 atom stereocenters. The number of rotatable bonds is 1. The Balaban J connectivity index is 2.20. The van der Waals surface area contributed by atoms with E-state index in [0.717, 1.165) is 23.2 Å². The summed E-state index contributed by atoms with van der Waals surface area (Å²) in [4.78, 5) is 17.7. The number of anilines is 1. The molecular weight excluding hydrogens is 214 g/mol. The van der Waals surface area contributed by atoms with Crippen molar-refractivity contribution in [1.82, 2.24) is 0 Å². The van der Waals surface area contributed by atoms with E-state index in [9.17, 15) is 10.1 Å². The van der Waals surface area contributed by atoms with Crippen LogP contribution < -0.4 is 4.90 Å². The van der Waals surface area contributed by atoms with Crippen LogP contribution in [0.25, 0.3) is 0 Å². The van der Waals surface area contributed by atoms with Gasteiger partial charge in [-0.3, -0.25) is 15.1 Å². The van der Waals surface area contributed by atoms with Gasteiger partial charge in [0.15, 0.2) is 5.17 Å². The van der Waals surface area contributed by atoms with Crippen LogP contribution in [0.15, 0.2) is 28.1 Å². The molecule has 0 fully saturated rings. The second-order valence-corrected chi connectivity index (χ2v) is 4.31. The third kappa shape index (κ3) is 1.14. The van der Waals surface area contributed by atoms with Crippen molar-refractivity contribution >= 4 is 28.3 Å². The molecule has 5 nitrogen and oxygen atoms in total. The molecule has 0 aromatic heterocycles. The summed E-state index contributed by atoms with van der Waals surface area (Å²) in [6.45, 7) is 1.48. The zero-order chi connectivity index (χ0) is 10.4. The first-order valence-electron chi connectivity index (χ1n) is 4.54. The first kappa shape index (κ1) is 8.72. The maximum absolute atomic E-state index is 10.9. The highest BCUT2D eigenvalue weighted by Gasteiger charge is 2.35. The first-order valence-corrected chi connectivity index (χ1v) is 5.36. The smallest absolute Gasteiger partial charge is 0.294 e. The number of para-hydroxylation sites is 1. The lowest BCUT2D eigenvalue weighted by atomic mass is 10.2. The van der Waals surface area contributed by atoms with Gasteiger partial charge in [0.05, 0.1) is 11.5 Å². The molecule has 2 aliphatic rings. The van der Waals surface area contributed by atoms with Gasteiger partial charge in [-0.15, -0.1) is 0 Å². The number of hydrogen-bond acceptors (Lipinski definition) is 5. The summed E-state index contributed by atoms with van der Waals surface area (Å²) in [5.41, 5.74) is 0.885. The molecule has 0 N–H and O–H groups in total. The minimum absolute atomic E-state index is 0.173. The minimum atomic E-state index is -0.333. The van der Waals surface area contributed by atoms with E-state index in [0.29, 0.717) is 5.69 Å². The molecule has 0 spiro atoms. The molecule has 15 heavy (non-hydrogen) atoms. The van der Waals surface area contributed by atoms with Gasteiger partial charge in [0.1, 0.15) is 5.69 Å². The van der Waals surface area contributed by atoms with E-state index < -0.39 is 0 Å². The number of hydrogen-bond donors (Lipinski definition) is 0. The number of nitro benzene ring substituents is 1. The molecule has 0 aliphatic carbocycles. The fraction of sp³-hybridized carbons (Fsp3) is 0.222. The molecule has 1 aromatic rings. The maximum Gasteiger partial charge on any atom is 0.294 e. The van der Waals surface area contributed by atoms with Crippen LogP contribution >= 0.6 is 11.8 Å². The Hall–Kier alpha value is -1.56. The Morgan fingerprint density at radius 3 is 3.20 bits per heavy atom. The Labute approximate surface area is 89.9 Å². The molecule has 76 valence electrons. The number of nitrogens with zero attached hydrogens (tertiary/aromatic N) is 3. The lowest BCUT2D eigenvalue weighted by Gasteiger charge is -2.11. The fourth-order valence-corrected chi connectivity index (χ4v) is 2.93. The molecular formula is C9H7N3O2S. The average Bonchev–Trinajstić information content (AvgIpc) is 2.75. The summed E-state index contributed by atoms with van der Waals surface area (Å²) >= 11 is 1.51. The molecule has 0 radical (unpaired) electrons. The molecule has 2 heterocycles. The van der Waals surface area contributed by atoms with Gasteiger partial charge in [0.25, 0.3) is 5.69 Å². The summed E-state index contributed by atoms with van der Waals surface area (Å²) < 4.78 is 0. The Morgan fingerprint density at radius 1 is 1.53 bits per heavy atom. The van der Waals surface area contributed by atoms with Crippen LogP contribution in [0, 0.1) is 10.1 Å². The van der Waals surface area contributed by atoms with E-state index in [4.69, 9.17) is 0 Å². The van der Waals surface area contributed by atoms with Crippen molar-refractivity contribution < 1.29 is 4.92 Å². The van der Waals surface area contributed by atoms with Crippen molar-refractivity contribution in [3.05, 3.63) is 28.3 Å². The second-order valence-electron chi connectivity index (χ2n) is 3.30. The summed E-state index contributed by atoms with van der Waals surface area (Å²) in [6.07, 6.45) is 0. The molecule has 0 saturated carbocycles. The third-order valence-electron chi connectivity index (χ3n) is 2.45. The van der Waals surface area contributed by atoms with Crippen LogP contribution in [0.2, 0.25) is 0 Å². The number of aliphatic imine (C=N–C) groups is 1. The highest BCUT2D eigenvalue weighted by atomic mass is 32.2. The lowest BCUT2D eigenvalue weighted by molar-refractivity contribution is -0.384. The van der Waals surface area contributed by atoms with Crippen LogP contribution in [-0.2, 0) is 0 Å². The average molecular weight is 221 g/mol. The quantitative estimate of drug-likeness (QED) is 0.536. The summed E-state index contributed by atoms with van der Waals surface area (Å²) in [7, 11) is 0. The predicted octanol–water partition coefficient (Wildman–Crippen LogP) is 1.88. The van der Waals surface area contributed by atoms with Crippen molar-refractivity contribution in [2.24, 2.45) is 4.99 Å². The number of fused-ring (bicyclic) bond motifs is 3. The standard InChI is InChI=1S/C9H7N3O2S/c13-12(14)6-2-1-3-7-8(6)11-5-4-10-9(11)15-7/h1-3H,4-5H2. The van der Waals surface area contributed by atoms with E-state index >= 15 is 0 Å². The zero-order valence-corrected chi connectivity index (χ0v) is 8.53. The SMILES string of the molecule is O=[N+]([O-])c1cccc2c1N1CCN=C1S2. The number of thioether (sulfide) groups is 1. The Morgan fingerprint density at radius 2 is 2.40 bits per heavy atom. The first-order chi connectivity index (χ1) is 7.27. The Bertz CT molecular complexity index is 486. The molecule has 0 amide bonds. The molecule has 3 rings (SSSR count). The zero-order valence-electron chi connectivity index (χ0n) is 7.71. The van der Waals surface area contributed by atoms with Crippen molar-refractivity contribution in [1.29, 1.82) is 0 Å². The van der Waals surface area contributed by atoms with Gasteiger partial charge in [-0.2, -0.15) is 0 Å². The van der Waals surface area contributed by atoms with E-state index in [2.05, 4.69) is 4.99 Å². The summed E-state index contributed by atoms with van der Waals surface area (Å²) in [6, 6.07) is 5.15. The number of benzene rings is 1. The largest absolute Gasteiger partial charge is 0.312 e. The van der Waals surface area contributed by atoms with Crippen molar-refractivity contribution in [2.45, 2.75) is 4.90 Å². The second kappa shape index (κ2) is 2.96. The topological polar surface area (TPSA) is 58.7 Å². The lowest BCUT2D eigenvalue weighted by Crippen LogP contribution is -2.21. The van der Waals surface area contributed by atoms with Gasteiger partial charge < -0.3 is 4.90 Å². The normalized spacial score (nSPS) is 17.3. The van der Waals surface area contributed by atoms with Crippen molar-refractivity contribution in [3.63, 3.8) is 0 Å². The number of nitro groups is 1. The maximum atomic E-state index is 10.9. The van der Waals surface area contributed by atoms with E-state index in [1.54, 1.807) is 12.1 Å². The fourth-order valence-electron chi connectivity index (χ4n) is 1.83. The van der Waals surface area contributed by atoms with Gasteiger partial charge >= 0.3 is 0 Å². The highest BCUT2D eigenvalue weighted by Crippen LogP contribution is 2.46. The third-order valence-corrected chi connectivity index (χ3v) is 3.53. The molecule has 1 aromatic carbocycles. The van der Waals surface area contributed by atoms with E-state index in [1.165, 1.54) is 11.8 Å². The van der Waals surface area contributed by atoms with Crippen LogP contribution in [0.5, 0.6) is 0 Å². The van der Waals surface area contributed by atoms with Gasteiger partial charge in [0.2, 0.25) is 0 Å². The molecule has 2 aliphatic heterocycles. The van der Waals surface area contributed by atoms with Gasteiger partial charge in [0, 0.05) is 17.5 Å². The van der Waals surface area contributed by atoms with Crippen LogP contribution in [0.3, 0.4) is 0 Å². The highest BCUT2D eigenvalue weighted by molar-refractivity contribution is 8.14.